The fourth-order valence-electron chi connectivity index (χ4n) is 1.86. The van der Waals surface area contributed by atoms with E-state index in [1.54, 1.807) is 32.2 Å². The van der Waals surface area contributed by atoms with E-state index in [-0.39, 0.29) is 11.5 Å². The Hall–Kier alpha value is -1.11. The number of benzene rings is 1. The van der Waals surface area contributed by atoms with Crippen molar-refractivity contribution in [1.82, 2.24) is 4.31 Å². The lowest BCUT2D eigenvalue weighted by atomic mass is 10.2. The predicted octanol–water partition coefficient (Wildman–Crippen LogP) is 1.40. The molecule has 0 amide bonds. The van der Waals surface area contributed by atoms with Gasteiger partial charge in [-0.05, 0) is 37.1 Å². The van der Waals surface area contributed by atoms with Gasteiger partial charge in [0, 0.05) is 19.7 Å². The highest BCUT2D eigenvalue weighted by Crippen LogP contribution is 2.23. The quantitative estimate of drug-likeness (QED) is 0.823. The molecule has 108 valence electrons. The molecule has 0 aromatic heterocycles. The first-order valence-electron chi connectivity index (χ1n) is 6.23. The molecule has 1 aromatic carbocycles. The Morgan fingerprint density at radius 3 is 2.53 bits per heavy atom. The molecule has 1 rings (SSSR count). The van der Waals surface area contributed by atoms with E-state index in [0.29, 0.717) is 25.3 Å². The van der Waals surface area contributed by atoms with Gasteiger partial charge in [-0.1, -0.05) is 6.92 Å². The molecule has 0 fully saturated rings. The van der Waals surface area contributed by atoms with Crippen LogP contribution in [0.5, 0.6) is 5.75 Å². The molecular weight excluding hydrogens is 266 g/mol. The monoisotopic (exact) mass is 287 g/mol. The Kier molecular flexibility index (Phi) is 5.78. The number of ether oxygens (including phenoxy) is 1. The normalized spacial score (nSPS) is 11.8. The molecule has 1 N–H and O–H groups in total. The number of aliphatic hydroxyl groups is 1. The van der Waals surface area contributed by atoms with Crippen molar-refractivity contribution in [2.45, 2.75) is 25.2 Å². The van der Waals surface area contributed by atoms with Crippen LogP contribution < -0.4 is 4.74 Å². The lowest BCUT2D eigenvalue weighted by Crippen LogP contribution is -2.32. The van der Waals surface area contributed by atoms with Crippen LogP contribution >= 0.6 is 0 Å². The van der Waals surface area contributed by atoms with Crippen LogP contribution in [0.1, 0.15) is 18.9 Å². The number of rotatable bonds is 7. The average molecular weight is 287 g/mol. The summed E-state index contributed by atoms with van der Waals surface area (Å²) < 4.78 is 31.3. The van der Waals surface area contributed by atoms with Crippen LogP contribution in [-0.2, 0) is 10.0 Å². The highest BCUT2D eigenvalue weighted by atomic mass is 32.2. The number of nitrogens with zero attached hydrogens (tertiary/aromatic N) is 1. The molecule has 19 heavy (non-hydrogen) atoms. The summed E-state index contributed by atoms with van der Waals surface area (Å²) in [6.45, 7) is 4.27. The highest BCUT2D eigenvalue weighted by Gasteiger charge is 2.23. The Bertz CT molecular complexity index is 513. The molecule has 1 aromatic rings. The molecule has 0 radical (unpaired) electrons. The Balaban J connectivity index is 3.07. The van der Waals surface area contributed by atoms with Gasteiger partial charge in [-0.15, -0.1) is 0 Å². The zero-order chi connectivity index (χ0) is 14.5. The predicted molar refractivity (Wildman–Crippen MR) is 73.9 cm³/mol. The molecule has 0 spiro atoms. The van der Waals surface area contributed by atoms with Crippen molar-refractivity contribution in [2.24, 2.45) is 0 Å². The first-order chi connectivity index (χ1) is 8.97. The largest absolute Gasteiger partial charge is 0.496 e. The average Bonchev–Trinajstić information content (AvgIpc) is 2.39. The summed E-state index contributed by atoms with van der Waals surface area (Å²) in [7, 11) is -1.95. The van der Waals surface area contributed by atoms with Crippen LogP contribution in [-0.4, -0.2) is 44.6 Å². The smallest absolute Gasteiger partial charge is 0.243 e. The Morgan fingerprint density at radius 2 is 2.05 bits per heavy atom. The minimum atomic E-state index is -3.50. The summed E-state index contributed by atoms with van der Waals surface area (Å²) in [6, 6.07) is 4.81. The van der Waals surface area contributed by atoms with E-state index in [9.17, 15) is 8.42 Å². The maximum absolute atomic E-state index is 12.4. The molecule has 0 heterocycles. The van der Waals surface area contributed by atoms with E-state index in [1.807, 2.05) is 6.92 Å². The van der Waals surface area contributed by atoms with Crippen LogP contribution in [0.15, 0.2) is 23.1 Å². The van der Waals surface area contributed by atoms with Gasteiger partial charge in [0.1, 0.15) is 5.75 Å². The van der Waals surface area contributed by atoms with E-state index >= 15 is 0 Å². The fraction of sp³-hybridized carbons (Fsp3) is 0.538. The van der Waals surface area contributed by atoms with Crippen molar-refractivity contribution in [3.05, 3.63) is 23.8 Å². The maximum atomic E-state index is 12.4. The van der Waals surface area contributed by atoms with Crippen molar-refractivity contribution in [1.29, 1.82) is 0 Å². The second-order valence-corrected chi connectivity index (χ2v) is 6.14. The minimum absolute atomic E-state index is 0.0202. The third-order valence-electron chi connectivity index (χ3n) is 2.92. The first kappa shape index (κ1) is 15.9. The zero-order valence-corrected chi connectivity index (χ0v) is 12.4. The summed E-state index contributed by atoms with van der Waals surface area (Å²) in [5.74, 6) is 0.664. The van der Waals surface area contributed by atoms with Crippen molar-refractivity contribution in [2.75, 3.05) is 26.8 Å². The molecule has 0 saturated carbocycles. The molecule has 5 nitrogen and oxygen atoms in total. The number of hydrogen-bond donors (Lipinski definition) is 1. The van der Waals surface area contributed by atoms with Crippen LogP contribution in [0.2, 0.25) is 0 Å². The molecule has 6 heteroatoms. The molecule has 0 bridgehead atoms. The lowest BCUT2D eigenvalue weighted by Gasteiger charge is -2.20. The van der Waals surface area contributed by atoms with E-state index in [0.717, 1.165) is 5.56 Å². The molecule has 0 atom stereocenters. The number of hydrogen-bond acceptors (Lipinski definition) is 4. The molecular formula is C13H21NO4S. The van der Waals surface area contributed by atoms with Gasteiger partial charge in [0.2, 0.25) is 10.0 Å². The van der Waals surface area contributed by atoms with Crippen molar-refractivity contribution in [3.63, 3.8) is 0 Å². The summed E-state index contributed by atoms with van der Waals surface area (Å²) in [6.07, 6.45) is 0.433. The zero-order valence-electron chi connectivity index (χ0n) is 11.6. The first-order valence-corrected chi connectivity index (χ1v) is 7.67. The van der Waals surface area contributed by atoms with Gasteiger partial charge in [-0.2, -0.15) is 4.31 Å². The summed E-state index contributed by atoms with van der Waals surface area (Å²) in [5.41, 5.74) is 0.779. The van der Waals surface area contributed by atoms with Gasteiger partial charge in [-0.3, -0.25) is 0 Å². The maximum Gasteiger partial charge on any atom is 0.243 e. The van der Waals surface area contributed by atoms with Crippen molar-refractivity contribution >= 4 is 10.0 Å². The summed E-state index contributed by atoms with van der Waals surface area (Å²) in [4.78, 5) is 0.255. The van der Waals surface area contributed by atoms with E-state index in [2.05, 4.69) is 0 Å². The molecule has 0 unspecified atom stereocenters. The number of methoxy groups -OCH3 is 1. The van der Waals surface area contributed by atoms with Crippen LogP contribution in [0.4, 0.5) is 0 Å². The standard InChI is InChI=1S/C13H21NO4S/c1-4-14(8-5-9-15)19(16,17)12-6-7-13(18-3)11(2)10-12/h6-7,10,15H,4-5,8-9H2,1-3H3. The summed E-state index contributed by atoms with van der Waals surface area (Å²) >= 11 is 0. The fourth-order valence-corrected chi connectivity index (χ4v) is 3.43. The topological polar surface area (TPSA) is 66.8 Å². The van der Waals surface area contributed by atoms with E-state index in [4.69, 9.17) is 9.84 Å². The minimum Gasteiger partial charge on any atom is -0.496 e. The van der Waals surface area contributed by atoms with Gasteiger partial charge in [0.25, 0.3) is 0 Å². The van der Waals surface area contributed by atoms with Crippen LogP contribution in [0.3, 0.4) is 0 Å². The molecule has 0 aliphatic carbocycles. The third-order valence-corrected chi connectivity index (χ3v) is 4.89. The second-order valence-electron chi connectivity index (χ2n) is 4.21. The Labute approximate surface area is 114 Å². The van der Waals surface area contributed by atoms with Gasteiger partial charge >= 0.3 is 0 Å². The van der Waals surface area contributed by atoms with Crippen molar-refractivity contribution in [3.8, 4) is 5.75 Å². The summed E-state index contributed by atoms with van der Waals surface area (Å²) in [5, 5.41) is 8.82. The lowest BCUT2D eigenvalue weighted by molar-refractivity contribution is 0.271. The van der Waals surface area contributed by atoms with Crippen LogP contribution in [0, 0.1) is 6.92 Å². The second kappa shape index (κ2) is 6.88. The van der Waals surface area contributed by atoms with Gasteiger partial charge in [0.15, 0.2) is 0 Å². The van der Waals surface area contributed by atoms with E-state index in [1.165, 1.54) is 4.31 Å². The van der Waals surface area contributed by atoms with Gasteiger partial charge in [-0.25, -0.2) is 8.42 Å². The Morgan fingerprint density at radius 1 is 1.37 bits per heavy atom. The molecule has 0 aliphatic heterocycles. The third kappa shape index (κ3) is 3.68. The van der Waals surface area contributed by atoms with Crippen molar-refractivity contribution < 1.29 is 18.3 Å². The molecule has 0 saturated heterocycles. The van der Waals surface area contributed by atoms with Crippen LogP contribution in [0.25, 0.3) is 0 Å². The number of sulfonamides is 1. The van der Waals surface area contributed by atoms with E-state index < -0.39 is 10.0 Å². The number of aliphatic hydroxyl groups excluding tert-OH is 1. The number of aryl methyl sites for hydroxylation is 1. The molecule has 0 aliphatic rings. The van der Waals surface area contributed by atoms with Gasteiger partial charge < -0.3 is 9.84 Å². The van der Waals surface area contributed by atoms with Gasteiger partial charge in [0.05, 0.1) is 12.0 Å². The highest BCUT2D eigenvalue weighted by molar-refractivity contribution is 7.89. The SMILES string of the molecule is CCN(CCCO)S(=O)(=O)c1ccc(OC)c(C)c1.